The molecule has 0 spiro atoms. The monoisotopic (exact) mass is 346 g/mol. The molecule has 0 N–H and O–H groups in total. The van der Waals surface area contributed by atoms with E-state index in [2.05, 4.69) is 17.9 Å². The Morgan fingerprint density at radius 3 is 2.16 bits per heavy atom. The third-order valence-corrected chi connectivity index (χ3v) is 4.85. The number of rotatable bonds is 6. The SMILES string of the molecule is CCCC(=C1C(=O)CC(F)CC1=O)/C(C#N)=C(\CCC)N1CCCC1. The van der Waals surface area contributed by atoms with Gasteiger partial charge in [-0.2, -0.15) is 5.26 Å². The number of alkyl halides is 1. The van der Waals surface area contributed by atoms with Crippen LogP contribution in [0, 0.1) is 11.3 Å². The summed E-state index contributed by atoms with van der Waals surface area (Å²) in [6.07, 6.45) is 3.14. The van der Waals surface area contributed by atoms with Gasteiger partial charge in [-0.25, -0.2) is 4.39 Å². The van der Waals surface area contributed by atoms with Crippen LogP contribution in [0.15, 0.2) is 22.4 Å². The third-order valence-electron chi connectivity index (χ3n) is 4.85. The summed E-state index contributed by atoms with van der Waals surface area (Å²) < 4.78 is 13.6. The van der Waals surface area contributed by atoms with Crippen LogP contribution in [0.5, 0.6) is 0 Å². The predicted octanol–water partition coefficient (Wildman–Crippen LogP) is 4.03. The fourth-order valence-corrected chi connectivity index (χ4v) is 3.77. The highest BCUT2D eigenvalue weighted by Gasteiger charge is 2.34. The first-order valence-electron chi connectivity index (χ1n) is 9.35. The van der Waals surface area contributed by atoms with E-state index in [1.165, 1.54) is 0 Å². The Labute approximate surface area is 149 Å². The molecule has 0 aromatic heterocycles. The molecule has 1 saturated heterocycles. The van der Waals surface area contributed by atoms with Crippen molar-refractivity contribution in [2.24, 2.45) is 0 Å². The highest BCUT2D eigenvalue weighted by Crippen LogP contribution is 2.33. The van der Waals surface area contributed by atoms with Crippen LogP contribution in [-0.2, 0) is 9.59 Å². The lowest BCUT2D eigenvalue weighted by Gasteiger charge is -2.26. The largest absolute Gasteiger partial charge is 0.374 e. The topological polar surface area (TPSA) is 61.2 Å². The summed E-state index contributed by atoms with van der Waals surface area (Å²) in [7, 11) is 0. The van der Waals surface area contributed by atoms with Gasteiger partial charge in [0.2, 0.25) is 0 Å². The summed E-state index contributed by atoms with van der Waals surface area (Å²) >= 11 is 0. The Morgan fingerprint density at radius 2 is 1.68 bits per heavy atom. The molecule has 136 valence electrons. The number of hydrogen-bond donors (Lipinski definition) is 0. The van der Waals surface area contributed by atoms with Gasteiger partial charge in [0.15, 0.2) is 11.6 Å². The molecule has 2 fully saturated rings. The van der Waals surface area contributed by atoms with Gasteiger partial charge in [0.25, 0.3) is 0 Å². The van der Waals surface area contributed by atoms with Crippen LogP contribution >= 0.6 is 0 Å². The minimum Gasteiger partial charge on any atom is -0.374 e. The fourth-order valence-electron chi connectivity index (χ4n) is 3.77. The van der Waals surface area contributed by atoms with Gasteiger partial charge in [-0.3, -0.25) is 9.59 Å². The summed E-state index contributed by atoms with van der Waals surface area (Å²) in [5.74, 6) is -0.894. The number of nitriles is 1. The predicted molar refractivity (Wildman–Crippen MR) is 94.4 cm³/mol. The molecular formula is C20H27FN2O2. The Balaban J connectivity index is 2.60. The molecular weight excluding hydrogens is 319 g/mol. The smallest absolute Gasteiger partial charge is 0.169 e. The lowest BCUT2D eigenvalue weighted by molar-refractivity contribution is -0.125. The van der Waals surface area contributed by atoms with E-state index in [4.69, 9.17) is 0 Å². The van der Waals surface area contributed by atoms with Gasteiger partial charge in [-0.1, -0.05) is 26.7 Å². The van der Waals surface area contributed by atoms with E-state index in [-0.39, 0.29) is 18.4 Å². The average Bonchev–Trinajstić information content (AvgIpc) is 3.08. The molecule has 4 nitrogen and oxygen atoms in total. The minimum absolute atomic E-state index is 0.0834. The summed E-state index contributed by atoms with van der Waals surface area (Å²) in [6, 6.07) is 2.28. The maximum Gasteiger partial charge on any atom is 0.169 e. The summed E-state index contributed by atoms with van der Waals surface area (Å²) in [5.41, 5.74) is 2.04. The summed E-state index contributed by atoms with van der Waals surface area (Å²) in [4.78, 5) is 27.0. The number of ketones is 2. The van der Waals surface area contributed by atoms with Crippen molar-refractivity contribution in [3.8, 4) is 6.07 Å². The second kappa shape index (κ2) is 8.94. The molecule has 1 heterocycles. The number of allylic oxidation sites excluding steroid dienone is 4. The van der Waals surface area contributed by atoms with Gasteiger partial charge in [0.1, 0.15) is 12.2 Å². The van der Waals surface area contributed by atoms with Gasteiger partial charge in [0, 0.05) is 31.6 Å². The first-order chi connectivity index (χ1) is 12.0. The summed E-state index contributed by atoms with van der Waals surface area (Å²) in [6.45, 7) is 5.83. The molecule has 2 aliphatic rings. The van der Waals surface area contributed by atoms with E-state index < -0.39 is 17.7 Å². The molecule has 0 amide bonds. The van der Waals surface area contributed by atoms with Gasteiger partial charge >= 0.3 is 0 Å². The molecule has 25 heavy (non-hydrogen) atoms. The quantitative estimate of drug-likeness (QED) is 0.414. The first-order valence-corrected chi connectivity index (χ1v) is 9.35. The van der Waals surface area contributed by atoms with Crippen molar-refractivity contribution in [2.75, 3.05) is 13.1 Å². The zero-order chi connectivity index (χ0) is 18.4. The maximum atomic E-state index is 13.6. The van der Waals surface area contributed by atoms with Gasteiger partial charge in [0.05, 0.1) is 11.1 Å². The van der Waals surface area contributed by atoms with Crippen molar-refractivity contribution >= 4 is 11.6 Å². The van der Waals surface area contributed by atoms with Crippen LogP contribution in [-0.4, -0.2) is 35.7 Å². The third kappa shape index (κ3) is 4.36. The lowest BCUT2D eigenvalue weighted by Crippen LogP contribution is -2.29. The van der Waals surface area contributed by atoms with E-state index in [0.29, 0.717) is 17.6 Å². The Kier molecular flexibility index (Phi) is 6.92. The Bertz CT molecular complexity index is 617. The molecule has 5 heteroatoms. The standard InChI is InChI=1S/C20H27FN2O2/c1-3-7-15(20-18(24)11-14(21)12-19(20)25)16(13-22)17(8-4-2)23-9-5-6-10-23/h14H,3-12H2,1-2H3/b17-16+,20-15?. The molecule has 0 aromatic rings. The number of hydrogen-bond acceptors (Lipinski definition) is 4. The second-order valence-corrected chi connectivity index (χ2v) is 6.83. The Hall–Kier alpha value is -1.96. The normalized spacial score (nSPS) is 22.1. The fraction of sp³-hybridized carbons (Fsp3) is 0.650. The van der Waals surface area contributed by atoms with Crippen molar-refractivity contribution in [2.45, 2.75) is 71.4 Å². The van der Waals surface area contributed by atoms with Crippen LogP contribution in [0.1, 0.15) is 65.2 Å². The first kappa shape index (κ1) is 19.4. The van der Waals surface area contributed by atoms with Gasteiger partial charge < -0.3 is 4.90 Å². The van der Waals surface area contributed by atoms with E-state index in [1.807, 2.05) is 6.92 Å². The summed E-state index contributed by atoms with van der Waals surface area (Å²) in [5, 5.41) is 9.87. The molecule has 1 saturated carbocycles. The van der Waals surface area contributed by atoms with E-state index in [9.17, 15) is 19.2 Å². The van der Waals surface area contributed by atoms with Crippen LogP contribution in [0.25, 0.3) is 0 Å². The van der Waals surface area contributed by atoms with E-state index in [1.54, 1.807) is 0 Å². The lowest BCUT2D eigenvalue weighted by atomic mass is 9.83. The molecule has 0 aromatic carbocycles. The van der Waals surface area contributed by atoms with E-state index in [0.717, 1.165) is 50.9 Å². The van der Waals surface area contributed by atoms with Crippen LogP contribution in [0.4, 0.5) is 4.39 Å². The van der Waals surface area contributed by atoms with Crippen molar-refractivity contribution in [3.63, 3.8) is 0 Å². The minimum atomic E-state index is -1.39. The van der Waals surface area contributed by atoms with Crippen LogP contribution in [0.2, 0.25) is 0 Å². The number of halogens is 1. The molecule has 1 aliphatic heterocycles. The van der Waals surface area contributed by atoms with Gasteiger partial charge in [-0.15, -0.1) is 0 Å². The van der Waals surface area contributed by atoms with Crippen LogP contribution < -0.4 is 0 Å². The number of likely N-dealkylation sites (tertiary alicyclic amines) is 1. The molecule has 0 radical (unpaired) electrons. The van der Waals surface area contributed by atoms with Crippen molar-refractivity contribution in [1.82, 2.24) is 4.90 Å². The van der Waals surface area contributed by atoms with E-state index >= 15 is 0 Å². The number of carbonyl (C=O) groups excluding carboxylic acids is 2. The highest BCUT2D eigenvalue weighted by molar-refractivity contribution is 6.23. The molecule has 0 unspecified atom stereocenters. The maximum absolute atomic E-state index is 13.6. The molecule has 0 atom stereocenters. The van der Waals surface area contributed by atoms with Crippen molar-refractivity contribution in [1.29, 1.82) is 5.26 Å². The molecule has 2 rings (SSSR count). The van der Waals surface area contributed by atoms with Crippen molar-refractivity contribution < 1.29 is 14.0 Å². The zero-order valence-corrected chi connectivity index (χ0v) is 15.2. The highest BCUT2D eigenvalue weighted by atomic mass is 19.1. The number of Topliss-reactive ketones (excluding diaryl/α,β-unsaturated/α-hetero) is 2. The Morgan fingerprint density at radius 1 is 1.12 bits per heavy atom. The molecule has 1 aliphatic carbocycles. The molecule has 0 bridgehead atoms. The van der Waals surface area contributed by atoms with Crippen molar-refractivity contribution in [3.05, 3.63) is 22.4 Å². The zero-order valence-electron chi connectivity index (χ0n) is 15.2. The van der Waals surface area contributed by atoms with Gasteiger partial charge in [-0.05, 0) is 31.3 Å². The number of nitrogens with zero attached hydrogens (tertiary/aromatic N) is 2. The average molecular weight is 346 g/mol. The number of carbonyl (C=O) groups is 2. The van der Waals surface area contributed by atoms with Crippen LogP contribution in [0.3, 0.4) is 0 Å². The second-order valence-electron chi connectivity index (χ2n) is 6.83.